The second-order valence-corrected chi connectivity index (χ2v) is 5.30. The van der Waals surface area contributed by atoms with Gasteiger partial charge < -0.3 is 10.4 Å². The minimum Gasteiger partial charge on any atom is -0.384 e. The van der Waals surface area contributed by atoms with Crippen LogP contribution in [-0.4, -0.2) is 23.7 Å². The van der Waals surface area contributed by atoms with E-state index in [0.717, 1.165) is 23.3 Å². The summed E-state index contributed by atoms with van der Waals surface area (Å²) in [6, 6.07) is 2.07. The van der Waals surface area contributed by atoms with Gasteiger partial charge in [-0.1, -0.05) is 25.2 Å². The third-order valence-electron chi connectivity index (χ3n) is 2.51. The number of hydrogen-bond acceptors (Lipinski definition) is 3. The van der Waals surface area contributed by atoms with Crippen LogP contribution in [0, 0.1) is 18.8 Å². The molecule has 0 radical (unpaired) electrons. The minimum absolute atomic E-state index is 0.0319. The van der Waals surface area contributed by atoms with Gasteiger partial charge in [-0.15, -0.1) is 11.3 Å². The van der Waals surface area contributed by atoms with Gasteiger partial charge >= 0.3 is 0 Å². The van der Waals surface area contributed by atoms with E-state index in [1.54, 1.807) is 0 Å². The van der Waals surface area contributed by atoms with Gasteiger partial charge in [0, 0.05) is 6.04 Å². The van der Waals surface area contributed by atoms with Crippen molar-refractivity contribution >= 4 is 17.2 Å². The molecule has 0 saturated heterocycles. The molecule has 3 nitrogen and oxygen atoms in total. The highest BCUT2D eigenvalue weighted by atomic mass is 32.1. The molecule has 0 fully saturated rings. The third kappa shape index (κ3) is 4.17. The maximum absolute atomic E-state index is 12.0. The topological polar surface area (TPSA) is 49.3 Å². The van der Waals surface area contributed by atoms with Crippen LogP contribution in [-0.2, 0) is 0 Å². The molecule has 98 valence electrons. The predicted molar refractivity (Wildman–Crippen MR) is 74.9 cm³/mol. The van der Waals surface area contributed by atoms with Gasteiger partial charge in [-0.3, -0.25) is 4.79 Å². The van der Waals surface area contributed by atoms with Crippen LogP contribution in [0.25, 0.3) is 0 Å². The molecule has 4 heteroatoms. The Labute approximate surface area is 112 Å². The molecule has 0 aliphatic carbocycles. The molecule has 1 aromatic heterocycles. The SMILES string of the molecule is CCCC(C)NC(=O)c1sc(C#CCO)cc1C. The summed E-state index contributed by atoms with van der Waals surface area (Å²) in [4.78, 5) is 13.6. The van der Waals surface area contributed by atoms with Crippen LogP contribution in [0.4, 0.5) is 0 Å². The van der Waals surface area contributed by atoms with Gasteiger partial charge in [0.1, 0.15) is 6.61 Å². The molecule has 0 aromatic carbocycles. The molecule has 0 bridgehead atoms. The van der Waals surface area contributed by atoms with Crippen LogP contribution in [0.1, 0.15) is 46.8 Å². The summed E-state index contributed by atoms with van der Waals surface area (Å²) in [5, 5.41) is 11.6. The van der Waals surface area contributed by atoms with Gasteiger partial charge in [0.25, 0.3) is 5.91 Å². The lowest BCUT2D eigenvalue weighted by molar-refractivity contribution is 0.0942. The van der Waals surface area contributed by atoms with Crippen molar-refractivity contribution in [2.24, 2.45) is 0 Å². The van der Waals surface area contributed by atoms with E-state index >= 15 is 0 Å². The average molecular weight is 265 g/mol. The molecule has 0 aliphatic heterocycles. The van der Waals surface area contributed by atoms with E-state index in [0.29, 0.717) is 4.88 Å². The number of carbonyl (C=O) groups excluding carboxylic acids is 1. The molecule has 2 N–H and O–H groups in total. The molecule has 1 aromatic rings. The van der Waals surface area contributed by atoms with E-state index in [9.17, 15) is 4.79 Å². The van der Waals surface area contributed by atoms with Gasteiger partial charge in [-0.2, -0.15) is 0 Å². The largest absolute Gasteiger partial charge is 0.384 e. The number of aliphatic hydroxyl groups is 1. The fourth-order valence-electron chi connectivity index (χ4n) is 1.69. The smallest absolute Gasteiger partial charge is 0.261 e. The highest BCUT2D eigenvalue weighted by molar-refractivity contribution is 7.14. The van der Waals surface area contributed by atoms with Crippen molar-refractivity contribution in [3.05, 3.63) is 21.4 Å². The van der Waals surface area contributed by atoms with Crippen molar-refractivity contribution in [2.75, 3.05) is 6.61 Å². The molecule has 1 atom stereocenters. The van der Waals surface area contributed by atoms with Crippen LogP contribution in [0.5, 0.6) is 0 Å². The second-order valence-electron chi connectivity index (χ2n) is 4.25. The summed E-state index contributed by atoms with van der Waals surface area (Å²) >= 11 is 1.37. The molecule has 1 rings (SSSR count). The minimum atomic E-state index is -0.161. The van der Waals surface area contributed by atoms with Crippen molar-refractivity contribution in [3.8, 4) is 11.8 Å². The lowest BCUT2D eigenvalue weighted by Gasteiger charge is -2.11. The zero-order valence-electron chi connectivity index (χ0n) is 11.0. The molecule has 0 aliphatic rings. The van der Waals surface area contributed by atoms with E-state index in [4.69, 9.17) is 5.11 Å². The Morgan fingerprint density at radius 1 is 1.61 bits per heavy atom. The maximum Gasteiger partial charge on any atom is 0.261 e. The Bertz CT molecular complexity index is 468. The maximum atomic E-state index is 12.0. The van der Waals surface area contributed by atoms with E-state index in [2.05, 4.69) is 24.1 Å². The fourth-order valence-corrected chi connectivity index (χ4v) is 2.64. The number of aliphatic hydroxyl groups excluding tert-OH is 1. The number of nitrogens with one attached hydrogen (secondary N) is 1. The molecular formula is C14H19NO2S. The number of hydrogen-bond donors (Lipinski definition) is 2. The summed E-state index contributed by atoms with van der Waals surface area (Å²) in [6.45, 7) is 5.85. The van der Waals surface area contributed by atoms with Crippen molar-refractivity contribution in [2.45, 2.75) is 39.7 Å². The predicted octanol–water partition coefficient (Wildman–Crippen LogP) is 2.32. The fraction of sp³-hybridized carbons (Fsp3) is 0.500. The van der Waals surface area contributed by atoms with Crippen LogP contribution >= 0.6 is 11.3 Å². The molecule has 0 spiro atoms. The first-order chi connectivity index (χ1) is 8.58. The van der Waals surface area contributed by atoms with Crippen LogP contribution in [0.3, 0.4) is 0 Å². The quantitative estimate of drug-likeness (QED) is 0.821. The summed E-state index contributed by atoms with van der Waals surface area (Å²) in [5.41, 5.74) is 0.934. The first kappa shape index (κ1) is 14.7. The highest BCUT2D eigenvalue weighted by Gasteiger charge is 2.14. The highest BCUT2D eigenvalue weighted by Crippen LogP contribution is 2.21. The molecule has 0 saturated carbocycles. The van der Waals surface area contributed by atoms with Gasteiger partial charge in [0.05, 0.1) is 9.75 Å². The number of amides is 1. The van der Waals surface area contributed by atoms with Crippen molar-refractivity contribution in [1.29, 1.82) is 0 Å². The Morgan fingerprint density at radius 3 is 2.94 bits per heavy atom. The van der Waals surface area contributed by atoms with Crippen molar-refractivity contribution in [1.82, 2.24) is 5.32 Å². The normalized spacial score (nSPS) is 11.6. The van der Waals surface area contributed by atoms with E-state index in [1.165, 1.54) is 11.3 Å². The van der Waals surface area contributed by atoms with Gasteiger partial charge in [0.2, 0.25) is 0 Å². The molecule has 1 unspecified atom stereocenters. The van der Waals surface area contributed by atoms with Crippen LogP contribution in [0.15, 0.2) is 6.07 Å². The second kappa shape index (κ2) is 7.20. The number of thiophene rings is 1. The van der Waals surface area contributed by atoms with Gasteiger partial charge in [-0.05, 0) is 31.9 Å². The Balaban J connectivity index is 2.77. The average Bonchev–Trinajstić information content (AvgIpc) is 2.68. The Morgan fingerprint density at radius 2 is 2.33 bits per heavy atom. The van der Waals surface area contributed by atoms with Crippen LogP contribution < -0.4 is 5.32 Å². The van der Waals surface area contributed by atoms with E-state index in [1.807, 2.05) is 19.9 Å². The lowest BCUT2D eigenvalue weighted by Crippen LogP contribution is -2.32. The van der Waals surface area contributed by atoms with Crippen molar-refractivity contribution in [3.63, 3.8) is 0 Å². The Hall–Kier alpha value is -1.31. The number of aryl methyl sites for hydroxylation is 1. The monoisotopic (exact) mass is 265 g/mol. The third-order valence-corrected chi connectivity index (χ3v) is 3.67. The van der Waals surface area contributed by atoms with E-state index < -0.39 is 0 Å². The van der Waals surface area contributed by atoms with Crippen LogP contribution in [0.2, 0.25) is 0 Å². The Kier molecular flexibility index (Phi) is 5.90. The molecular weight excluding hydrogens is 246 g/mol. The first-order valence-corrected chi connectivity index (χ1v) is 6.91. The molecule has 1 heterocycles. The van der Waals surface area contributed by atoms with Gasteiger partial charge in [-0.25, -0.2) is 0 Å². The summed E-state index contributed by atoms with van der Waals surface area (Å²) in [6.07, 6.45) is 2.03. The van der Waals surface area contributed by atoms with E-state index in [-0.39, 0.29) is 18.6 Å². The number of rotatable bonds is 4. The first-order valence-electron chi connectivity index (χ1n) is 6.09. The number of carbonyl (C=O) groups is 1. The lowest BCUT2D eigenvalue weighted by atomic mass is 10.2. The standard InChI is InChI=1S/C14H19NO2S/c1-4-6-11(3)15-14(17)13-10(2)9-12(18-13)7-5-8-16/h9,11,16H,4,6,8H2,1-3H3,(H,15,17). The molecule has 1 amide bonds. The summed E-state index contributed by atoms with van der Waals surface area (Å²) in [5.74, 6) is 5.38. The molecule has 18 heavy (non-hydrogen) atoms. The van der Waals surface area contributed by atoms with Gasteiger partial charge in [0.15, 0.2) is 0 Å². The zero-order valence-corrected chi connectivity index (χ0v) is 11.9. The zero-order chi connectivity index (χ0) is 13.5. The summed E-state index contributed by atoms with van der Waals surface area (Å²) in [7, 11) is 0. The summed E-state index contributed by atoms with van der Waals surface area (Å²) < 4.78 is 0. The van der Waals surface area contributed by atoms with Crippen molar-refractivity contribution < 1.29 is 9.90 Å².